The van der Waals surface area contributed by atoms with Crippen molar-refractivity contribution in [2.24, 2.45) is 0 Å². The minimum absolute atomic E-state index is 0.0168. The Morgan fingerprint density at radius 3 is 2.15 bits per heavy atom. The second kappa shape index (κ2) is 14.3. The number of esters is 1. The number of hydrogen-bond acceptors (Lipinski definition) is 8. The third-order valence-electron chi connectivity index (χ3n) is 4.57. The molecule has 2 aromatic rings. The van der Waals surface area contributed by atoms with Crippen LogP contribution in [0.4, 0.5) is 0 Å². The van der Waals surface area contributed by atoms with Crippen molar-refractivity contribution < 1.29 is 36.9 Å². The van der Waals surface area contributed by atoms with Crippen molar-refractivity contribution in [3.63, 3.8) is 0 Å². The number of carbonyl (C=O) groups is 1. The molecule has 2 aromatic carbocycles. The molecule has 0 aromatic heterocycles. The molecule has 0 spiro atoms. The van der Waals surface area contributed by atoms with Crippen molar-refractivity contribution in [3.05, 3.63) is 48.5 Å². The molecule has 0 saturated carbocycles. The van der Waals surface area contributed by atoms with Gasteiger partial charge in [0, 0.05) is 13.5 Å². The summed E-state index contributed by atoms with van der Waals surface area (Å²) in [6.45, 7) is 0.982. The van der Waals surface area contributed by atoms with Crippen LogP contribution in [0.25, 0.3) is 11.1 Å². The average Bonchev–Trinajstić information content (AvgIpc) is 2.86. The van der Waals surface area contributed by atoms with Crippen LogP contribution in [0, 0.1) is 11.8 Å². The molecule has 0 saturated heterocycles. The Labute approximate surface area is 200 Å². The van der Waals surface area contributed by atoms with Gasteiger partial charge >= 0.3 is 5.97 Å². The zero-order valence-electron chi connectivity index (χ0n) is 19.4. The van der Waals surface area contributed by atoms with E-state index in [1.807, 2.05) is 24.3 Å². The Kier molecular flexibility index (Phi) is 11.5. The molecule has 0 radical (unpaired) electrons. The molecule has 34 heavy (non-hydrogen) atoms. The molecular weight excluding hydrogens is 462 g/mol. The SMILES string of the molecule is COCCOCOCC#CCC(NS(=O)(=O)c1ccc(-c2ccc(OC)cc2)cc1)C(=O)OC. The van der Waals surface area contributed by atoms with Gasteiger partial charge in [-0.3, -0.25) is 4.79 Å². The predicted molar refractivity (Wildman–Crippen MR) is 126 cm³/mol. The van der Waals surface area contributed by atoms with E-state index in [0.717, 1.165) is 16.9 Å². The fourth-order valence-electron chi connectivity index (χ4n) is 2.76. The highest BCUT2D eigenvalue weighted by molar-refractivity contribution is 7.89. The molecule has 1 unspecified atom stereocenters. The first-order chi connectivity index (χ1) is 16.4. The maximum absolute atomic E-state index is 12.8. The second-order valence-corrected chi connectivity index (χ2v) is 8.59. The Morgan fingerprint density at radius 1 is 0.912 bits per heavy atom. The summed E-state index contributed by atoms with van der Waals surface area (Å²) in [7, 11) is 0.351. The molecule has 0 aliphatic rings. The normalized spacial score (nSPS) is 11.9. The molecule has 0 heterocycles. The van der Waals surface area contributed by atoms with Gasteiger partial charge in [-0.15, -0.1) is 0 Å². The van der Waals surface area contributed by atoms with Crippen LogP contribution in [-0.2, 0) is 33.8 Å². The van der Waals surface area contributed by atoms with Crippen molar-refractivity contribution in [2.75, 3.05) is 47.9 Å². The molecule has 0 amide bonds. The summed E-state index contributed by atoms with van der Waals surface area (Å²) >= 11 is 0. The lowest BCUT2D eigenvalue weighted by Crippen LogP contribution is -2.41. The molecule has 9 nitrogen and oxygen atoms in total. The van der Waals surface area contributed by atoms with Gasteiger partial charge in [-0.1, -0.05) is 36.1 Å². The van der Waals surface area contributed by atoms with Crippen molar-refractivity contribution in [3.8, 4) is 28.7 Å². The maximum Gasteiger partial charge on any atom is 0.324 e. The molecule has 0 bridgehead atoms. The second-order valence-electron chi connectivity index (χ2n) is 6.87. The summed E-state index contributed by atoms with van der Waals surface area (Å²) in [5, 5.41) is 0. The van der Waals surface area contributed by atoms with Crippen LogP contribution in [0.15, 0.2) is 53.4 Å². The fourth-order valence-corrected chi connectivity index (χ4v) is 3.94. The maximum atomic E-state index is 12.8. The van der Waals surface area contributed by atoms with Crippen LogP contribution < -0.4 is 9.46 Å². The molecule has 1 atom stereocenters. The minimum Gasteiger partial charge on any atom is -0.497 e. The summed E-state index contributed by atoms with van der Waals surface area (Å²) < 4.78 is 53.0. The highest BCUT2D eigenvalue weighted by atomic mass is 32.2. The number of hydrogen-bond donors (Lipinski definition) is 1. The van der Waals surface area contributed by atoms with E-state index in [2.05, 4.69) is 16.6 Å². The topological polar surface area (TPSA) is 109 Å². The van der Waals surface area contributed by atoms with E-state index in [-0.39, 0.29) is 24.7 Å². The van der Waals surface area contributed by atoms with Crippen LogP contribution in [0.5, 0.6) is 5.75 Å². The third kappa shape index (κ3) is 8.78. The van der Waals surface area contributed by atoms with Crippen molar-refractivity contribution >= 4 is 16.0 Å². The molecule has 0 aliphatic carbocycles. The summed E-state index contributed by atoms with van der Waals surface area (Å²) in [5.74, 6) is 5.42. The number of methoxy groups -OCH3 is 3. The average molecular weight is 492 g/mol. The summed E-state index contributed by atoms with van der Waals surface area (Å²) in [6.07, 6.45) is -0.0796. The molecule has 0 fully saturated rings. The van der Waals surface area contributed by atoms with E-state index >= 15 is 0 Å². The van der Waals surface area contributed by atoms with Gasteiger partial charge < -0.3 is 23.7 Å². The van der Waals surface area contributed by atoms with Crippen molar-refractivity contribution in [2.45, 2.75) is 17.4 Å². The Bertz CT molecular complexity index is 1060. The number of carbonyl (C=O) groups excluding carboxylic acids is 1. The van der Waals surface area contributed by atoms with Crippen LogP contribution in [0.3, 0.4) is 0 Å². The first-order valence-corrected chi connectivity index (χ1v) is 11.8. The number of nitrogens with one attached hydrogen (secondary N) is 1. The zero-order valence-corrected chi connectivity index (χ0v) is 20.2. The summed E-state index contributed by atoms with van der Waals surface area (Å²) in [4.78, 5) is 12.1. The van der Waals surface area contributed by atoms with Gasteiger partial charge in [0.25, 0.3) is 0 Å². The van der Waals surface area contributed by atoms with Crippen LogP contribution in [0.2, 0.25) is 0 Å². The van der Waals surface area contributed by atoms with Gasteiger partial charge in [-0.05, 0) is 35.4 Å². The van der Waals surface area contributed by atoms with Crippen molar-refractivity contribution in [1.82, 2.24) is 4.72 Å². The summed E-state index contributed by atoms with van der Waals surface area (Å²) in [6, 6.07) is 12.6. The first-order valence-electron chi connectivity index (χ1n) is 10.4. The van der Waals surface area contributed by atoms with Gasteiger partial charge in [0.2, 0.25) is 10.0 Å². The van der Waals surface area contributed by atoms with Gasteiger partial charge in [-0.2, -0.15) is 4.72 Å². The summed E-state index contributed by atoms with van der Waals surface area (Å²) in [5.41, 5.74) is 1.75. The van der Waals surface area contributed by atoms with Crippen LogP contribution in [-0.4, -0.2) is 68.4 Å². The van der Waals surface area contributed by atoms with Gasteiger partial charge in [0.15, 0.2) is 0 Å². The number of benzene rings is 2. The van der Waals surface area contributed by atoms with Gasteiger partial charge in [0.1, 0.15) is 25.2 Å². The monoisotopic (exact) mass is 491 g/mol. The van der Waals surface area contributed by atoms with E-state index in [4.69, 9.17) is 23.7 Å². The quantitative estimate of drug-likeness (QED) is 0.197. The molecule has 184 valence electrons. The lowest BCUT2D eigenvalue weighted by atomic mass is 10.1. The van der Waals surface area contributed by atoms with E-state index in [1.165, 1.54) is 19.2 Å². The molecule has 10 heteroatoms. The number of rotatable bonds is 13. The van der Waals surface area contributed by atoms with E-state index in [0.29, 0.717) is 13.2 Å². The van der Waals surface area contributed by atoms with Gasteiger partial charge in [0.05, 0.1) is 32.3 Å². The Morgan fingerprint density at radius 2 is 1.56 bits per heavy atom. The number of ether oxygens (including phenoxy) is 5. The van der Waals surface area contributed by atoms with E-state index in [1.54, 1.807) is 26.4 Å². The smallest absolute Gasteiger partial charge is 0.324 e. The Hall–Kier alpha value is -2.94. The molecule has 2 rings (SSSR count). The highest BCUT2D eigenvalue weighted by Crippen LogP contribution is 2.24. The predicted octanol–water partition coefficient (Wildman–Crippen LogP) is 2.21. The largest absolute Gasteiger partial charge is 0.497 e. The third-order valence-corrected chi connectivity index (χ3v) is 6.06. The fraction of sp³-hybridized carbons (Fsp3) is 0.375. The van der Waals surface area contributed by atoms with Crippen molar-refractivity contribution in [1.29, 1.82) is 0 Å². The number of sulfonamides is 1. The molecular formula is C24H29NO8S. The lowest BCUT2D eigenvalue weighted by molar-refractivity contribution is -0.142. The van der Waals surface area contributed by atoms with E-state index < -0.39 is 22.0 Å². The first kappa shape index (κ1) is 27.3. The van der Waals surface area contributed by atoms with Gasteiger partial charge in [-0.25, -0.2) is 8.42 Å². The molecule has 0 aliphatic heterocycles. The molecule has 1 N–H and O–H groups in total. The lowest BCUT2D eigenvalue weighted by Gasteiger charge is -2.14. The van der Waals surface area contributed by atoms with E-state index in [9.17, 15) is 13.2 Å². The van der Waals surface area contributed by atoms with Crippen LogP contribution >= 0.6 is 0 Å². The van der Waals surface area contributed by atoms with Crippen LogP contribution in [0.1, 0.15) is 6.42 Å². The Balaban J connectivity index is 1.98. The minimum atomic E-state index is -3.99. The zero-order chi connectivity index (χ0) is 24.8. The highest BCUT2D eigenvalue weighted by Gasteiger charge is 2.25. The standard InChI is InChI=1S/C24H29NO8S/c1-29-16-17-33-18-32-15-5-4-6-23(24(26)31-3)25-34(27,28)22-13-9-20(10-14-22)19-7-11-21(30-2)12-8-19/h7-14,23,25H,6,15-18H2,1-3H3.